The molecule has 1 fully saturated rings. The molecule has 2 aliphatic rings. The molecule has 3 rings (SSSR count). The summed E-state index contributed by atoms with van der Waals surface area (Å²) >= 11 is 1.35. The van der Waals surface area contributed by atoms with Crippen molar-refractivity contribution in [1.82, 2.24) is 4.90 Å². The van der Waals surface area contributed by atoms with E-state index in [1.165, 1.54) is 11.8 Å². The van der Waals surface area contributed by atoms with Crippen LogP contribution in [0.2, 0.25) is 0 Å². The van der Waals surface area contributed by atoms with Crippen LogP contribution in [0.1, 0.15) is 39.0 Å². The predicted molar refractivity (Wildman–Crippen MR) is 99.9 cm³/mol. The number of amides is 2. The van der Waals surface area contributed by atoms with Crippen molar-refractivity contribution in [2.45, 2.75) is 55.3 Å². The number of nitrogens with zero attached hydrogens (tertiary/aromatic N) is 1. The zero-order valence-corrected chi connectivity index (χ0v) is 15.7. The van der Waals surface area contributed by atoms with Crippen LogP contribution in [0.15, 0.2) is 29.2 Å². The minimum absolute atomic E-state index is 0.0531. The average Bonchev–Trinajstić information content (AvgIpc) is 2.91. The van der Waals surface area contributed by atoms with Crippen molar-refractivity contribution >= 4 is 35.2 Å². The van der Waals surface area contributed by atoms with Gasteiger partial charge in [-0.1, -0.05) is 25.0 Å². The van der Waals surface area contributed by atoms with Crippen LogP contribution in [0, 0.1) is 0 Å². The zero-order chi connectivity index (χ0) is 18.5. The molecule has 0 aliphatic carbocycles. The summed E-state index contributed by atoms with van der Waals surface area (Å²) in [5, 5.41) is 2.26. The molecule has 7 heteroatoms. The van der Waals surface area contributed by atoms with Crippen LogP contribution in [-0.4, -0.2) is 47.1 Å². The lowest BCUT2D eigenvalue weighted by atomic mass is 10.2. The van der Waals surface area contributed by atoms with Crippen molar-refractivity contribution in [3.63, 3.8) is 0 Å². The summed E-state index contributed by atoms with van der Waals surface area (Å²) in [5.74, 6) is -0.879. The van der Waals surface area contributed by atoms with E-state index in [0.717, 1.165) is 49.4 Å². The first kappa shape index (κ1) is 18.8. The first-order chi connectivity index (χ1) is 12.5. The third-order valence-corrected chi connectivity index (χ3v) is 5.91. The Balaban J connectivity index is 1.53. The van der Waals surface area contributed by atoms with Gasteiger partial charge in [0.25, 0.3) is 5.91 Å². The first-order valence-electron chi connectivity index (χ1n) is 9.09. The first-order valence-corrected chi connectivity index (χ1v) is 9.97. The van der Waals surface area contributed by atoms with Crippen molar-refractivity contribution in [1.29, 1.82) is 0 Å². The molecule has 2 atom stereocenters. The van der Waals surface area contributed by atoms with Gasteiger partial charge in [-0.3, -0.25) is 14.4 Å². The van der Waals surface area contributed by atoms with E-state index < -0.39 is 17.3 Å². The molecule has 0 aromatic heterocycles. The smallest absolute Gasteiger partial charge is 0.308 e. The number of thioether (sulfide) groups is 1. The standard InChI is InChI=1S/C19H24N2O4S/c1-13(19(24)21-10-6-2-3-7-11-21)25-17(22)12-16-18(23)20-14-8-4-5-9-15(14)26-16/h4-5,8-9,13,16H,2-3,6-7,10-12H2,1H3,(H,20,23)/t13-,16-/m0/s1. The second-order valence-electron chi connectivity index (χ2n) is 6.67. The summed E-state index contributed by atoms with van der Waals surface area (Å²) < 4.78 is 5.32. The molecular formula is C19H24N2O4S. The Kier molecular flexibility index (Phi) is 6.19. The van der Waals surface area contributed by atoms with Crippen LogP contribution in [0.5, 0.6) is 0 Å². The number of ether oxygens (including phenoxy) is 1. The lowest BCUT2D eigenvalue weighted by Gasteiger charge is -2.25. The lowest BCUT2D eigenvalue weighted by Crippen LogP contribution is -2.41. The molecule has 26 heavy (non-hydrogen) atoms. The van der Waals surface area contributed by atoms with E-state index >= 15 is 0 Å². The molecule has 0 bridgehead atoms. The molecule has 0 unspecified atom stereocenters. The number of para-hydroxylation sites is 1. The topological polar surface area (TPSA) is 75.7 Å². The summed E-state index contributed by atoms with van der Waals surface area (Å²) in [6, 6.07) is 7.48. The SMILES string of the molecule is C[C@H](OC(=O)C[C@@H]1Sc2ccccc2NC1=O)C(=O)N1CCCCCC1. The van der Waals surface area contributed by atoms with Crippen LogP contribution >= 0.6 is 11.8 Å². The van der Waals surface area contributed by atoms with E-state index in [4.69, 9.17) is 4.74 Å². The van der Waals surface area contributed by atoms with Gasteiger partial charge in [0, 0.05) is 18.0 Å². The van der Waals surface area contributed by atoms with Crippen LogP contribution < -0.4 is 5.32 Å². The molecular weight excluding hydrogens is 352 g/mol. The largest absolute Gasteiger partial charge is 0.452 e. The molecule has 0 saturated carbocycles. The van der Waals surface area contributed by atoms with Gasteiger partial charge < -0.3 is 15.0 Å². The van der Waals surface area contributed by atoms with Gasteiger partial charge in [-0.25, -0.2) is 0 Å². The number of fused-ring (bicyclic) bond motifs is 1. The summed E-state index contributed by atoms with van der Waals surface area (Å²) in [6.07, 6.45) is 3.38. The summed E-state index contributed by atoms with van der Waals surface area (Å²) in [5.41, 5.74) is 0.761. The number of likely N-dealkylation sites (tertiary alicyclic amines) is 1. The fraction of sp³-hybridized carbons (Fsp3) is 0.526. The highest BCUT2D eigenvalue weighted by molar-refractivity contribution is 8.01. The Morgan fingerprint density at radius 2 is 1.92 bits per heavy atom. The van der Waals surface area contributed by atoms with Crippen molar-refractivity contribution in [2.75, 3.05) is 18.4 Å². The highest BCUT2D eigenvalue weighted by Crippen LogP contribution is 2.36. The predicted octanol–water partition coefficient (Wildman–Crippen LogP) is 2.82. The molecule has 2 heterocycles. The van der Waals surface area contributed by atoms with E-state index in [1.807, 2.05) is 24.3 Å². The molecule has 6 nitrogen and oxygen atoms in total. The van der Waals surface area contributed by atoms with Gasteiger partial charge in [-0.15, -0.1) is 11.8 Å². The molecule has 0 spiro atoms. The number of rotatable bonds is 4. The third kappa shape index (κ3) is 4.58. The second kappa shape index (κ2) is 8.58. The van der Waals surface area contributed by atoms with Gasteiger partial charge >= 0.3 is 5.97 Å². The van der Waals surface area contributed by atoms with Gasteiger partial charge in [-0.05, 0) is 31.9 Å². The van der Waals surface area contributed by atoms with E-state index in [9.17, 15) is 14.4 Å². The number of carbonyl (C=O) groups is 3. The number of hydrogen-bond donors (Lipinski definition) is 1. The maximum atomic E-state index is 12.5. The fourth-order valence-corrected chi connectivity index (χ4v) is 4.32. The zero-order valence-electron chi connectivity index (χ0n) is 14.9. The van der Waals surface area contributed by atoms with Gasteiger partial charge in [0.1, 0.15) is 0 Å². The highest BCUT2D eigenvalue weighted by Gasteiger charge is 2.31. The normalized spacial score (nSPS) is 21.2. The van der Waals surface area contributed by atoms with Crippen LogP contribution in [-0.2, 0) is 19.1 Å². The third-order valence-electron chi connectivity index (χ3n) is 4.63. The molecule has 1 aromatic carbocycles. The fourth-order valence-electron chi connectivity index (χ4n) is 3.22. The van der Waals surface area contributed by atoms with Gasteiger partial charge in [0.2, 0.25) is 5.91 Å². The Morgan fingerprint density at radius 3 is 2.65 bits per heavy atom. The number of esters is 1. The maximum absolute atomic E-state index is 12.5. The summed E-state index contributed by atoms with van der Waals surface area (Å²) in [4.78, 5) is 39.6. The number of nitrogens with one attached hydrogen (secondary N) is 1. The Hall–Kier alpha value is -2.02. The minimum atomic E-state index is -0.815. The van der Waals surface area contributed by atoms with Crippen molar-refractivity contribution in [3.05, 3.63) is 24.3 Å². The second-order valence-corrected chi connectivity index (χ2v) is 7.91. The van der Waals surface area contributed by atoms with E-state index in [0.29, 0.717) is 0 Å². The lowest BCUT2D eigenvalue weighted by molar-refractivity contribution is -0.159. The Labute approximate surface area is 157 Å². The highest BCUT2D eigenvalue weighted by atomic mass is 32.2. The minimum Gasteiger partial charge on any atom is -0.452 e. The van der Waals surface area contributed by atoms with Gasteiger partial charge in [0.05, 0.1) is 17.4 Å². The molecule has 2 amide bonds. The quantitative estimate of drug-likeness (QED) is 0.818. The Bertz CT molecular complexity index is 686. The molecule has 0 radical (unpaired) electrons. The maximum Gasteiger partial charge on any atom is 0.308 e. The molecule has 140 valence electrons. The number of benzene rings is 1. The number of anilines is 1. The van der Waals surface area contributed by atoms with E-state index in [-0.39, 0.29) is 18.2 Å². The Morgan fingerprint density at radius 1 is 1.23 bits per heavy atom. The van der Waals surface area contributed by atoms with E-state index in [2.05, 4.69) is 5.32 Å². The van der Waals surface area contributed by atoms with Crippen molar-refractivity contribution in [3.8, 4) is 0 Å². The monoisotopic (exact) mass is 376 g/mol. The summed E-state index contributed by atoms with van der Waals surface area (Å²) in [7, 11) is 0. The molecule has 1 saturated heterocycles. The molecule has 1 aromatic rings. The van der Waals surface area contributed by atoms with Crippen LogP contribution in [0.3, 0.4) is 0 Å². The van der Waals surface area contributed by atoms with Crippen molar-refractivity contribution < 1.29 is 19.1 Å². The molecule has 2 aliphatic heterocycles. The number of hydrogen-bond acceptors (Lipinski definition) is 5. The van der Waals surface area contributed by atoms with Gasteiger partial charge in [0.15, 0.2) is 6.10 Å². The van der Waals surface area contributed by atoms with Gasteiger partial charge in [-0.2, -0.15) is 0 Å². The van der Waals surface area contributed by atoms with Crippen LogP contribution in [0.4, 0.5) is 5.69 Å². The van der Waals surface area contributed by atoms with Crippen molar-refractivity contribution in [2.24, 2.45) is 0 Å². The van der Waals surface area contributed by atoms with Crippen LogP contribution in [0.25, 0.3) is 0 Å². The number of carbonyl (C=O) groups excluding carboxylic acids is 3. The van der Waals surface area contributed by atoms with E-state index in [1.54, 1.807) is 11.8 Å². The molecule has 1 N–H and O–H groups in total. The average molecular weight is 376 g/mol. The summed E-state index contributed by atoms with van der Waals surface area (Å²) in [6.45, 7) is 3.05.